The van der Waals surface area contributed by atoms with Crippen LogP contribution in [0.3, 0.4) is 0 Å². The van der Waals surface area contributed by atoms with E-state index in [0.717, 1.165) is 24.2 Å². The van der Waals surface area contributed by atoms with E-state index in [2.05, 4.69) is 26.7 Å². The highest BCUT2D eigenvalue weighted by molar-refractivity contribution is 6.32. The van der Waals surface area contributed by atoms with E-state index in [9.17, 15) is 4.79 Å². The molecule has 1 saturated heterocycles. The maximum absolute atomic E-state index is 12.8. The Labute approximate surface area is 173 Å². The minimum Gasteiger partial charge on any atom is -0.495 e. The molecular formula is C20H21ClN6O2. The summed E-state index contributed by atoms with van der Waals surface area (Å²) >= 11 is 6.11. The molecule has 1 aliphatic rings. The van der Waals surface area contributed by atoms with Gasteiger partial charge >= 0.3 is 0 Å². The van der Waals surface area contributed by atoms with Crippen molar-refractivity contribution < 1.29 is 9.53 Å². The van der Waals surface area contributed by atoms with E-state index in [0.29, 0.717) is 35.3 Å². The van der Waals surface area contributed by atoms with Crippen molar-refractivity contribution in [3.63, 3.8) is 0 Å². The van der Waals surface area contributed by atoms with E-state index >= 15 is 0 Å². The van der Waals surface area contributed by atoms with Crippen LogP contribution in [0.25, 0.3) is 11.0 Å². The molecule has 1 aliphatic heterocycles. The second-order valence-electron chi connectivity index (χ2n) is 6.73. The van der Waals surface area contributed by atoms with Gasteiger partial charge in [-0.15, -0.1) is 0 Å². The molecule has 0 bridgehead atoms. The molecule has 1 aromatic carbocycles. The lowest BCUT2D eigenvalue weighted by atomic mass is 10.2. The number of halogens is 1. The number of pyridine rings is 1. The highest BCUT2D eigenvalue weighted by Gasteiger charge is 2.23. The largest absolute Gasteiger partial charge is 0.495 e. The summed E-state index contributed by atoms with van der Waals surface area (Å²) in [5, 5.41) is 5.75. The molecule has 3 heterocycles. The molecule has 9 heteroatoms. The zero-order valence-electron chi connectivity index (χ0n) is 16.1. The Morgan fingerprint density at radius 1 is 1.24 bits per heavy atom. The van der Waals surface area contributed by atoms with Crippen molar-refractivity contribution in [2.75, 3.05) is 38.2 Å². The number of hydrogen-bond acceptors (Lipinski definition) is 6. The maximum Gasteiger partial charge on any atom is 0.244 e. The topological polar surface area (TPSA) is 75.9 Å². The van der Waals surface area contributed by atoms with E-state index < -0.39 is 0 Å². The van der Waals surface area contributed by atoms with Crippen molar-refractivity contribution in [1.82, 2.24) is 19.7 Å². The number of piperazine rings is 1. The first-order valence-electron chi connectivity index (χ1n) is 9.24. The fourth-order valence-corrected chi connectivity index (χ4v) is 3.63. The third kappa shape index (κ3) is 3.88. The van der Waals surface area contributed by atoms with Crippen LogP contribution < -0.4 is 9.64 Å². The predicted octanol–water partition coefficient (Wildman–Crippen LogP) is 2.77. The molecule has 0 atom stereocenters. The van der Waals surface area contributed by atoms with Gasteiger partial charge in [0.2, 0.25) is 5.91 Å². The molecule has 2 aromatic heterocycles. The van der Waals surface area contributed by atoms with E-state index in [1.165, 1.54) is 0 Å². The molecule has 8 nitrogen and oxygen atoms in total. The summed E-state index contributed by atoms with van der Waals surface area (Å²) in [6, 6.07) is 9.37. The van der Waals surface area contributed by atoms with Crippen LogP contribution in [-0.2, 0) is 11.3 Å². The molecule has 29 heavy (non-hydrogen) atoms. The molecule has 0 saturated carbocycles. The monoisotopic (exact) mass is 412 g/mol. The fraction of sp³-hybridized carbons (Fsp3) is 0.300. The number of aromatic nitrogens is 3. The van der Waals surface area contributed by atoms with Gasteiger partial charge in [0.15, 0.2) is 11.5 Å². The van der Waals surface area contributed by atoms with Crippen LogP contribution >= 0.6 is 11.6 Å². The van der Waals surface area contributed by atoms with Gasteiger partial charge in [0.25, 0.3) is 0 Å². The molecule has 1 fully saturated rings. The van der Waals surface area contributed by atoms with Crippen LogP contribution in [0, 0.1) is 0 Å². The fourth-order valence-electron chi connectivity index (χ4n) is 3.43. The summed E-state index contributed by atoms with van der Waals surface area (Å²) in [4.78, 5) is 25.1. The second-order valence-corrected chi connectivity index (χ2v) is 7.14. The van der Waals surface area contributed by atoms with Crippen molar-refractivity contribution in [3.8, 4) is 5.75 Å². The van der Waals surface area contributed by atoms with Crippen LogP contribution in [0.2, 0.25) is 5.02 Å². The number of fused-ring (bicyclic) bond motifs is 1. The average molecular weight is 413 g/mol. The number of nitrogens with zero attached hydrogens (tertiary/aromatic N) is 6. The number of carbonyl (C=O) groups excluding carboxylic acids is 1. The van der Waals surface area contributed by atoms with Gasteiger partial charge in [-0.1, -0.05) is 11.6 Å². The van der Waals surface area contributed by atoms with Crippen molar-refractivity contribution in [3.05, 3.63) is 41.6 Å². The Morgan fingerprint density at radius 3 is 2.76 bits per heavy atom. The maximum atomic E-state index is 12.8. The lowest BCUT2D eigenvalue weighted by Crippen LogP contribution is -2.49. The number of rotatable bonds is 5. The van der Waals surface area contributed by atoms with Gasteiger partial charge in [-0.3, -0.25) is 4.79 Å². The number of methoxy groups -OCH3 is 1. The Morgan fingerprint density at radius 2 is 2.03 bits per heavy atom. The number of amides is 1. The molecule has 0 aliphatic carbocycles. The van der Waals surface area contributed by atoms with Gasteiger partial charge in [-0.2, -0.15) is 5.10 Å². The number of ether oxygens (including phenoxy) is 1. The lowest BCUT2D eigenvalue weighted by molar-refractivity contribution is -0.132. The molecule has 0 radical (unpaired) electrons. The van der Waals surface area contributed by atoms with Crippen molar-refractivity contribution in [2.45, 2.75) is 6.54 Å². The van der Waals surface area contributed by atoms with E-state index in [-0.39, 0.29) is 12.5 Å². The number of benzene rings is 1. The van der Waals surface area contributed by atoms with Gasteiger partial charge in [-0.25, -0.2) is 14.7 Å². The summed E-state index contributed by atoms with van der Waals surface area (Å²) < 4.78 is 6.91. The normalized spacial score (nSPS) is 14.3. The molecule has 0 N–H and O–H groups in total. The predicted molar refractivity (Wildman–Crippen MR) is 114 cm³/mol. The summed E-state index contributed by atoms with van der Waals surface area (Å²) in [7, 11) is 1.60. The van der Waals surface area contributed by atoms with Gasteiger partial charge in [0.05, 0.1) is 18.3 Å². The van der Waals surface area contributed by atoms with Gasteiger partial charge in [0, 0.05) is 43.3 Å². The number of hydrogen-bond donors (Lipinski definition) is 0. The molecule has 1 amide bonds. The summed E-state index contributed by atoms with van der Waals surface area (Å²) in [6.45, 7) is 6.38. The van der Waals surface area contributed by atoms with E-state index in [1.54, 1.807) is 24.1 Å². The first-order chi connectivity index (χ1) is 14.1. The highest BCUT2D eigenvalue weighted by Crippen LogP contribution is 2.29. The number of anilines is 1. The SMILES string of the molecule is C=Nc1ccc2cnn(CC(=O)N3CCN(c4ccc(Cl)c(OC)c4)CC3)c2n1. The smallest absolute Gasteiger partial charge is 0.244 e. The third-order valence-corrected chi connectivity index (χ3v) is 5.36. The highest BCUT2D eigenvalue weighted by atomic mass is 35.5. The molecule has 3 aromatic rings. The second kappa shape index (κ2) is 8.08. The Kier molecular flexibility index (Phi) is 5.35. The Balaban J connectivity index is 1.41. The molecule has 4 rings (SSSR count). The number of carbonyl (C=O) groups is 1. The van der Waals surface area contributed by atoms with Crippen LogP contribution in [0.4, 0.5) is 11.5 Å². The zero-order chi connectivity index (χ0) is 20.4. The van der Waals surface area contributed by atoms with E-state index in [4.69, 9.17) is 16.3 Å². The Bertz CT molecular complexity index is 1060. The molecule has 0 unspecified atom stereocenters. The van der Waals surface area contributed by atoms with Crippen LogP contribution in [0.1, 0.15) is 0 Å². The summed E-state index contributed by atoms with van der Waals surface area (Å²) in [5.41, 5.74) is 1.67. The standard InChI is InChI=1S/C20H21ClN6O2/c1-22-18-6-3-14-12-23-27(20(14)24-18)13-19(28)26-9-7-25(8-10-26)15-4-5-16(21)17(11-15)29-2/h3-6,11-12H,1,7-10,13H2,2H3. The zero-order valence-corrected chi connectivity index (χ0v) is 16.8. The van der Waals surface area contributed by atoms with Gasteiger partial charge in [-0.05, 0) is 31.0 Å². The first-order valence-corrected chi connectivity index (χ1v) is 9.62. The Hall–Kier alpha value is -3.13. The van der Waals surface area contributed by atoms with Crippen molar-refractivity contribution >= 4 is 46.8 Å². The molecule has 150 valence electrons. The van der Waals surface area contributed by atoms with Crippen molar-refractivity contribution in [1.29, 1.82) is 0 Å². The van der Waals surface area contributed by atoms with Gasteiger partial charge in [0.1, 0.15) is 12.3 Å². The summed E-state index contributed by atoms with van der Waals surface area (Å²) in [6.07, 6.45) is 1.70. The minimum atomic E-state index is 0.0158. The van der Waals surface area contributed by atoms with Gasteiger partial charge < -0.3 is 14.5 Å². The first kappa shape index (κ1) is 19.2. The van der Waals surface area contributed by atoms with Crippen LogP contribution in [0.15, 0.2) is 41.5 Å². The molecular weight excluding hydrogens is 392 g/mol. The lowest BCUT2D eigenvalue weighted by Gasteiger charge is -2.36. The minimum absolute atomic E-state index is 0.0158. The van der Waals surface area contributed by atoms with Crippen molar-refractivity contribution in [2.24, 2.45) is 4.99 Å². The number of aliphatic imine (C=N–C) groups is 1. The average Bonchev–Trinajstić information content (AvgIpc) is 3.16. The van der Waals surface area contributed by atoms with E-state index in [1.807, 2.05) is 29.2 Å². The quantitative estimate of drug-likeness (QED) is 0.602. The molecule has 0 spiro atoms. The third-order valence-electron chi connectivity index (χ3n) is 5.05. The summed E-state index contributed by atoms with van der Waals surface area (Å²) in [5.74, 6) is 1.18. The van der Waals surface area contributed by atoms with Crippen LogP contribution in [-0.4, -0.2) is 65.6 Å². The van der Waals surface area contributed by atoms with Crippen LogP contribution in [0.5, 0.6) is 5.75 Å².